The van der Waals surface area contributed by atoms with E-state index in [0.717, 1.165) is 30.8 Å². The zero-order valence-electron chi connectivity index (χ0n) is 16.1. The van der Waals surface area contributed by atoms with E-state index in [0.29, 0.717) is 5.69 Å². The fourth-order valence-corrected chi connectivity index (χ4v) is 3.53. The summed E-state index contributed by atoms with van der Waals surface area (Å²) in [4.78, 5) is 14.3. The number of nitrogens with one attached hydrogen (secondary N) is 2. The van der Waals surface area contributed by atoms with Gasteiger partial charge in [0, 0.05) is 30.2 Å². The molecular weight excluding hydrogens is 388 g/mol. The molecule has 0 fully saturated rings. The number of aliphatic hydroxyl groups is 1. The van der Waals surface area contributed by atoms with E-state index in [1.807, 2.05) is 36.4 Å². The van der Waals surface area contributed by atoms with E-state index in [9.17, 15) is 18.7 Å². The molecular formula is C23H21F2N3O2. The summed E-state index contributed by atoms with van der Waals surface area (Å²) in [5.41, 5.74) is 4.34. The average Bonchev–Trinajstić information content (AvgIpc) is 3.19. The second kappa shape index (κ2) is 8.51. The number of urea groups is 1. The lowest BCUT2D eigenvalue weighted by Crippen LogP contribution is -2.32. The summed E-state index contributed by atoms with van der Waals surface area (Å²) >= 11 is 0. The fourth-order valence-electron chi connectivity index (χ4n) is 3.53. The molecule has 0 bridgehead atoms. The number of para-hydroxylation sites is 1. The van der Waals surface area contributed by atoms with E-state index in [4.69, 9.17) is 0 Å². The quantitative estimate of drug-likeness (QED) is 0.581. The summed E-state index contributed by atoms with van der Waals surface area (Å²) in [7, 11) is 0. The fraction of sp³-hybridized carbons (Fsp3) is 0.174. The van der Waals surface area contributed by atoms with Crippen LogP contribution in [0.15, 0.2) is 66.7 Å². The van der Waals surface area contributed by atoms with E-state index in [1.54, 1.807) is 0 Å². The number of halogens is 2. The maximum Gasteiger partial charge on any atom is 0.319 e. The van der Waals surface area contributed by atoms with Gasteiger partial charge in [-0.25, -0.2) is 13.6 Å². The first-order valence-electron chi connectivity index (χ1n) is 9.64. The predicted octanol–water partition coefficient (Wildman–Crippen LogP) is 4.51. The van der Waals surface area contributed by atoms with Crippen LogP contribution in [0.1, 0.15) is 17.2 Å². The number of amides is 2. The zero-order valence-corrected chi connectivity index (χ0v) is 16.1. The van der Waals surface area contributed by atoms with Crippen LogP contribution in [0.5, 0.6) is 0 Å². The third-order valence-corrected chi connectivity index (χ3v) is 5.11. The largest absolute Gasteiger partial charge is 0.387 e. The Balaban J connectivity index is 1.32. The highest BCUT2D eigenvalue weighted by atomic mass is 19.2. The molecule has 3 aromatic carbocycles. The monoisotopic (exact) mass is 409 g/mol. The van der Waals surface area contributed by atoms with E-state index in [1.165, 1.54) is 17.3 Å². The van der Waals surface area contributed by atoms with Gasteiger partial charge in [-0.15, -0.1) is 0 Å². The van der Waals surface area contributed by atoms with Gasteiger partial charge in [-0.1, -0.05) is 24.3 Å². The third kappa shape index (κ3) is 4.26. The number of hydrogen-bond acceptors (Lipinski definition) is 3. The minimum Gasteiger partial charge on any atom is -0.387 e. The molecule has 30 heavy (non-hydrogen) atoms. The van der Waals surface area contributed by atoms with Crippen LogP contribution in [0.3, 0.4) is 0 Å². The summed E-state index contributed by atoms with van der Waals surface area (Å²) in [6.45, 7) is 0.772. The number of nitrogens with zero attached hydrogens (tertiary/aromatic N) is 1. The van der Waals surface area contributed by atoms with Crippen LogP contribution in [0.2, 0.25) is 0 Å². The molecule has 1 atom stereocenters. The highest BCUT2D eigenvalue weighted by Crippen LogP contribution is 2.34. The van der Waals surface area contributed by atoms with Gasteiger partial charge in [0.25, 0.3) is 0 Å². The Kier molecular flexibility index (Phi) is 5.63. The first-order valence-corrected chi connectivity index (χ1v) is 9.64. The topological polar surface area (TPSA) is 64.6 Å². The number of carbonyl (C=O) groups is 1. The van der Waals surface area contributed by atoms with E-state index in [2.05, 4.69) is 27.7 Å². The molecule has 0 radical (unpaired) electrons. The smallest absolute Gasteiger partial charge is 0.319 e. The van der Waals surface area contributed by atoms with Gasteiger partial charge in [0.1, 0.15) is 0 Å². The molecule has 3 aromatic rings. The second-order valence-corrected chi connectivity index (χ2v) is 7.10. The van der Waals surface area contributed by atoms with E-state index >= 15 is 0 Å². The number of fused-ring (bicyclic) bond motifs is 1. The van der Waals surface area contributed by atoms with Crippen LogP contribution in [0, 0.1) is 11.6 Å². The van der Waals surface area contributed by atoms with E-state index < -0.39 is 23.8 Å². The molecule has 5 nitrogen and oxygen atoms in total. The van der Waals surface area contributed by atoms with Crippen molar-refractivity contribution >= 4 is 23.1 Å². The molecule has 3 N–H and O–H groups in total. The lowest BCUT2D eigenvalue weighted by Gasteiger charge is -2.20. The zero-order chi connectivity index (χ0) is 21.1. The lowest BCUT2D eigenvalue weighted by atomic mass is 10.1. The van der Waals surface area contributed by atoms with Gasteiger partial charge in [0.05, 0.1) is 6.10 Å². The Morgan fingerprint density at radius 1 is 1.03 bits per heavy atom. The van der Waals surface area contributed by atoms with Crippen molar-refractivity contribution in [1.29, 1.82) is 0 Å². The molecule has 1 aliphatic heterocycles. The summed E-state index contributed by atoms with van der Waals surface area (Å²) in [5, 5.41) is 15.3. The van der Waals surface area contributed by atoms with Gasteiger partial charge in [-0.05, 0) is 60.0 Å². The molecule has 1 heterocycles. The minimum atomic E-state index is -1.15. The van der Waals surface area contributed by atoms with Crippen LogP contribution >= 0.6 is 0 Å². The van der Waals surface area contributed by atoms with Crippen molar-refractivity contribution in [2.24, 2.45) is 0 Å². The van der Waals surface area contributed by atoms with Gasteiger partial charge < -0.3 is 20.6 Å². The Labute approximate surface area is 173 Å². The molecule has 0 spiro atoms. The Bertz CT molecular complexity index is 1060. The summed E-state index contributed by atoms with van der Waals surface area (Å²) < 4.78 is 26.2. The molecule has 0 saturated heterocycles. The van der Waals surface area contributed by atoms with Crippen molar-refractivity contribution in [3.63, 3.8) is 0 Å². The molecule has 154 valence electrons. The number of carbonyl (C=O) groups excluding carboxylic acids is 1. The van der Waals surface area contributed by atoms with Crippen molar-refractivity contribution in [3.05, 3.63) is 89.5 Å². The molecule has 1 aliphatic rings. The van der Waals surface area contributed by atoms with Gasteiger partial charge in [-0.2, -0.15) is 0 Å². The second-order valence-electron chi connectivity index (χ2n) is 7.10. The number of aliphatic hydroxyl groups excluding tert-OH is 1. The maximum absolute atomic E-state index is 13.3. The first kappa shape index (κ1) is 19.8. The van der Waals surface area contributed by atoms with Crippen LogP contribution in [-0.4, -0.2) is 24.2 Å². The molecule has 4 rings (SSSR count). The number of hydrogen-bond donors (Lipinski definition) is 3. The Morgan fingerprint density at radius 3 is 2.57 bits per heavy atom. The van der Waals surface area contributed by atoms with E-state index in [-0.39, 0.29) is 12.1 Å². The minimum absolute atomic E-state index is 0.139. The number of anilines is 3. The van der Waals surface area contributed by atoms with Gasteiger partial charge >= 0.3 is 6.03 Å². The van der Waals surface area contributed by atoms with Crippen molar-refractivity contribution in [2.75, 3.05) is 23.3 Å². The molecule has 2 amide bonds. The van der Waals surface area contributed by atoms with Gasteiger partial charge in [0.15, 0.2) is 11.6 Å². The Morgan fingerprint density at radius 2 is 1.80 bits per heavy atom. The highest BCUT2D eigenvalue weighted by molar-refractivity contribution is 5.89. The van der Waals surface area contributed by atoms with Crippen LogP contribution < -0.4 is 15.5 Å². The molecule has 0 saturated carbocycles. The predicted molar refractivity (Wildman–Crippen MR) is 112 cm³/mol. The highest BCUT2D eigenvalue weighted by Gasteiger charge is 2.19. The van der Waals surface area contributed by atoms with Crippen molar-refractivity contribution < 1.29 is 18.7 Å². The normalized spacial score (nSPS) is 13.6. The molecule has 0 aliphatic carbocycles. The van der Waals surface area contributed by atoms with Gasteiger partial charge in [-0.3, -0.25) is 0 Å². The lowest BCUT2D eigenvalue weighted by molar-refractivity contribution is 0.174. The first-order chi connectivity index (χ1) is 14.5. The number of benzene rings is 3. The van der Waals surface area contributed by atoms with Crippen molar-refractivity contribution in [2.45, 2.75) is 12.5 Å². The third-order valence-electron chi connectivity index (χ3n) is 5.11. The molecule has 1 unspecified atom stereocenters. The standard InChI is InChI=1S/C23H21F2N3O2/c24-19-10-5-16(13-20(19)25)22(29)14-26-23(30)27-17-6-8-18(9-7-17)28-12-11-15-3-1-2-4-21(15)28/h1-10,13,22,29H,11-12,14H2,(H2,26,27,30). The van der Waals surface area contributed by atoms with Crippen LogP contribution in [0.25, 0.3) is 0 Å². The van der Waals surface area contributed by atoms with Crippen molar-refractivity contribution in [3.8, 4) is 0 Å². The number of rotatable bonds is 5. The maximum atomic E-state index is 13.3. The van der Waals surface area contributed by atoms with Crippen molar-refractivity contribution in [1.82, 2.24) is 5.32 Å². The Hall–Kier alpha value is -3.45. The molecule has 0 aromatic heterocycles. The summed E-state index contributed by atoms with van der Waals surface area (Å²) in [6.07, 6.45) is -0.151. The average molecular weight is 409 g/mol. The summed E-state index contributed by atoms with van der Waals surface area (Å²) in [5.74, 6) is -2.03. The summed E-state index contributed by atoms with van der Waals surface area (Å²) in [6, 6.07) is 18.4. The SMILES string of the molecule is O=C(NCC(O)c1ccc(F)c(F)c1)Nc1ccc(N2CCc3ccccc32)cc1. The van der Waals surface area contributed by atoms with Crippen LogP contribution in [-0.2, 0) is 6.42 Å². The van der Waals surface area contributed by atoms with Gasteiger partial charge in [0.2, 0.25) is 0 Å². The van der Waals surface area contributed by atoms with Crippen LogP contribution in [0.4, 0.5) is 30.6 Å². The molecule has 7 heteroatoms.